The van der Waals surface area contributed by atoms with E-state index in [4.69, 9.17) is 9.84 Å². The van der Waals surface area contributed by atoms with Gasteiger partial charge in [-0.1, -0.05) is 0 Å². The van der Waals surface area contributed by atoms with E-state index in [-0.39, 0.29) is 16.7 Å². The molecule has 0 spiro atoms. The lowest BCUT2D eigenvalue weighted by Gasteiger charge is -2.27. The van der Waals surface area contributed by atoms with E-state index in [1.165, 1.54) is 0 Å². The fourth-order valence-corrected chi connectivity index (χ4v) is 2.95. The average Bonchev–Trinajstić information content (AvgIpc) is 2.76. The molecule has 1 aliphatic rings. The van der Waals surface area contributed by atoms with E-state index in [2.05, 4.69) is 70.7 Å². The van der Waals surface area contributed by atoms with Crippen molar-refractivity contribution in [2.24, 2.45) is 0 Å². The van der Waals surface area contributed by atoms with Crippen LogP contribution in [-0.4, -0.2) is 26.5 Å². The summed E-state index contributed by atoms with van der Waals surface area (Å²) in [6.45, 7) is 15.9. The van der Waals surface area contributed by atoms with Crippen LogP contribution < -0.4 is 5.32 Å². The number of hydrogen-bond acceptors (Lipinski definition) is 3. The zero-order chi connectivity index (χ0) is 15.2. The number of ether oxygens (including phenoxy) is 1. The second-order valence-electron chi connectivity index (χ2n) is 8.08. The molecule has 0 saturated carbocycles. The van der Waals surface area contributed by atoms with Crippen LogP contribution in [0.15, 0.2) is 12.3 Å². The Morgan fingerprint density at radius 3 is 2.50 bits per heavy atom. The second kappa shape index (κ2) is 4.85. The Morgan fingerprint density at radius 1 is 1.35 bits per heavy atom. The van der Waals surface area contributed by atoms with Crippen molar-refractivity contribution in [1.29, 1.82) is 0 Å². The third-order valence-corrected chi connectivity index (χ3v) is 3.81. The first-order valence-electron chi connectivity index (χ1n) is 7.48. The summed E-state index contributed by atoms with van der Waals surface area (Å²) in [5, 5.41) is 8.20. The molecular weight excluding hydrogens is 250 g/mol. The summed E-state index contributed by atoms with van der Waals surface area (Å²) in [5.41, 5.74) is 0.941. The largest absolute Gasteiger partial charge is 0.367 e. The van der Waals surface area contributed by atoms with Crippen LogP contribution in [0, 0.1) is 0 Å². The van der Waals surface area contributed by atoms with E-state index >= 15 is 0 Å². The van der Waals surface area contributed by atoms with Crippen LogP contribution in [0.2, 0.25) is 0 Å². The van der Waals surface area contributed by atoms with Gasteiger partial charge in [-0.15, -0.1) is 0 Å². The molecule has 20 heavy (non-hydrogen) atoms. The SMILES string of the molecule is CC(C)(C)NCc1ccn(C2CC(C)(C)OC2(C)C)n1. The minimum Gasteiger partial charge on any atom is -0.367 e. The normalized spacial score (nSPS) is 25.1. The van der Waals surface area contributed by atoms with Gasteiger partial charge in [0.05, 0.1) is 22.9 Å². The highest BCUT2D eigenvalue weighted by atomic mass is 16.5. The molecule has 1 aliphatic heterocycles. The molecule has 1 unspecified atom stereocenters. The van der Waals surface area contributed by atoms with Crippen molar-refractivity contribution >= 4 is 0 Å². The van der Waals surface area contributed by atoms with Crippen molar-refractivity contribution in [2.75, 3.05) is 0 Å². The van der Waals surface area contributed by atoms with Crippen LogP contribution in [0.25, 0.3) is 0 Å². The fourth-order valence-electron chi connectivity index (χ4n) is 2.95. The van der Waals surface area contributed by atoms with E-state index < -0.39 is 0 Å². The predicted octanol–water partition coefficient (Wildman–Crippen LogP) is 3.29. The van der Waals surface area contributed by atoms with E-state index in [0.29, 0.717) is 6.04 Å². The van der Waals surface area contributed by atoms with Crippen molar-refractivity contribution in [1.82, 2.24) is 15.1 Å². The van der Waals surface area contributed by atoms with E-state index in [1.807, 2.05) is 0 Å². The lowest BCUT2D eigenvalue weighted by molar-refractivity contribution is -0.0737. The number of rotatable bonds is 3. The maximum Gasteiger partial charge on any atom is 0.0857 e. The smallest absolute Gasteiger partial charge is 0.0857 e. The van der Waals surface area contributed by atoms with E-state index in [0.717, 1.165) is 18.7 Å². The maximum atomic E-state index is 6.15. The van der Waals surface area contributed by atoms with Gasteiger partial charge in [0, 0.05) is 24.7 Å². The zero-order valence-corrected chi connectivity index (χ0v) is 13.9. The highest BCUT2D eigenvalue weighted by Gasteiger charge is 2.47. The van der Waals surface area contributed by atoms with Gasteiger partial charge >= 0.3 is 0 Å². The van der Waals surface area contributed by atoms with Crippen LogP contribution in [-0.2, 0) is 11.3 Å². The van der Waals surface area contributed by atoms with Gasteiger partial charge in [-0.3, -0.25) is 4.68 Å². The lowest BCUT2D eigenvalue weighted by atomic mass is 9.95. The molecule has 2 rings (SSSR count). The molecular formula is C16H29N3O. The highest BCUT2D eigenvalue weighted by molar-refractivity contribution is 5.04. The average molecular weight is 279 g/mol. The van der Waals surface area contributed by atoms with Crippen LogP contribution in [0.1, 0.15) is 66.6 Å². The zero-order valence-electron chi connectivity index (χ0n) is 13.9. The van der Waals surface area contributed by atoms with Crippen molar-refractivity contribution in [3.63, 3.8) is 0 Å². The van der Waals surface area contributed by atoms with Crippen molar-refractivity contribution in [2.45, 2.75) is 84.2 Å². The van der Waals surface area contributed by atoms with Crippen LogP contribution >= 0.6 is 0 Å². The van der Waals surface area contributed by atoms with Gasteiger partial charge < -0.3 is 10.1 Å². The summed E-state index contributed by atoms with van der Waals surface area (Å²) < 4.78 is 8.23. The quantitative estimate of drug-likeness (QED) is 0.923. The van der Waals surface area contributed by atoms with Crippen LogP contribution in [0.3, 0.4) is 0 Å². The summed E-state index contributed by atoms with van der Waals surface area (Å²) in [5.74, 6) is 0. The molecule has 1 aromatic heterocycles. The Labute approximate surface area is 122 Å². The fraction of sp³-hybridized carbons (Fsp3) is 0.812. The highest BCUT2D eigenvalue weighted by Crippen LogP contribution is 2.44. The van der Waals surface area contributed by atoms with Gasteiger partial charge in [0.15, 0.2) is 0 Å². The Bertz CT molecular complexity index is 468. The molecule has 2 heterocycles. The van der Waals surface area contributed by atoms with Gasteiger partial charge in [-0.2, -0.15) is 5.10 Å². The first kappa shape index (κ1) is 15.5. The Morgan fingerprint density at radius 2 is 2.00 bits per heavy atom. The summed E-state index contributed by atoms with van der Waals surface area (Å²) in [6.07, 6.45) is 3.07. The topological polar surface area (TPSA) is 39.1 Å². The van der Waals surface area contributed by atoms with Gasteiger partial charge in [0.1, 0.15) is 0 Å². The molecule has 0 radical (unpaired) electrons. The van der Waals surface area contributed by atoms with Gasteiger partial charge in [0.2, 0.25) is 0 Å². The molecule has 0 bridgehead atoms. The van der Waals surface area contributed by atoms with Gasteiger partial charge in [0.25, 0.3) is 0 Å². The van der Waals surface area contributed by atoms with Crippen LogP contribution in [0.5, 0.6) is 0 Å². The molecule has 0 amide bonds. The van der Waals surface area contributed by atoms with E-state index in [9.17, 15) is 0 Å². The Hall–Kier alpha value is -0.870. The third kappa shape index (κ3) is 3.61. The number of nitrogens with one attached hydrogen (secondary N) is 1. The first-order valence-corrected chi connectivity index (χ1v) is 7.48. The molecule has 0 aliphatic carbocycles. The van der Waals surface area contributed by atoms with Crippen LogP contribution in [0.4, 0.5) is 0 Å². The number of aromatic nitrogens is 2. The number of hydrogen-bond donors (Lipinski definition) is 1. The predicted molar refractivity (Wildman–Crippen MR) is 81.7 cm³/mol. The van der Waals surface area contributed by atoms with Crippen molar-refractivity contribution in [3.05, 3.63) is 18.0 Å². The Balaban J connectivity index is 2.09. The van der Waals surface area contributed by atoms with Gasteiger partial charge in [-0.25, -0.2) is 0 Å². The van der Waals surface area contributed by atoms with E-state index in [1.54, 1.807) is 0 Å². The maximum absolute atomic E-state index is 6.15. The monoisotopic (exact) mass is 279 g/mol. The molecule has 1 fully saturated rings. The molecule has 1 N–H and O–H groups in total. The Kier molecular flexibility index (Phi) is 3.76. The standard InChI is InChI=1S/C16H29N3O/c1-14(2,3)17-11-12-8-9-19(18-12)13-10-15(4,5)20-16(13,6)7/h8-9,13,17H,10-11H2,1-7H3. The molecule has 1 atom stereocenters. The molecule has 1 aromatic rings. The minimum absolute atomic E-state index is 0.0794. The molecule has 114 valence electrons. The third-order valence-electron chi connectivity index (χ3n) is 3.81. The molecule has 0 aromatic carbocycles. The lowest BCUT2D eigenvalue weighted by Crippen LogP contribution is -2.35. The number of nitrogens with zero attached hydrogens (tertiary/aromatic N) is 2. The summed E-state index contributed by atoms with van der Waals surface area (Å²) in [4.78, 5) is 0. The molecule has 4 nitrogen and oxygen atoms in total. The minimum atomic E-state index is -0.176. The summed E-state index contributed by atoms with van der Waals surface area (Å²) in [7, 11) is 0. The first-order chi connectivity index (χ1) is 8.99. The molecule has 1 saturated heterocycles. The summed E-state index contributed by atoms with van der Waals surface area (Å²) in [6, 6.07) is 2.39. The molecule has 4 heteroatoms. The second-order valence-corrected chi connectivity index (χ2v) is 8.08. The summed E-state index contributed by atoms with van der Waals surface area (Å²) >= 11 is 0. The van der Waals surface area contributed by atoms with Crippen molar-refractivity contribution < 1.29 is 4.74 Å². The van der Waals surface area contributed by atoms with Crippen molar-refractivity contribution in [3.8, 4) is 0 Å². The van der Waals surface area contributed by atoms with Gasteiger partial charge in [-0.05, 0) is 54.5 Å².